The first-order valence-corrected chi connectivity index (χ1v) is 15.9. The molecular weight excluding hydrogens is 552 g/mol. The van der Waals surface area contributed by atoms with Gasteiger partial charge in [-0.05, 0) is 68.7 Å². The highest BCUT2D eigenvalue weighted by molar-refractivity contribution is 7.93. The molecule has 5 heterocycles. The average molecular weight is 586 g/mol. The van der Waals surface area contributed by atoms with E-state index in [0.29, 0.717) is 47.3 Å². The van der Waals surface area contributed by atoms with Gasteiger partial charge in [-0.25, -0.2) is 27.2 Å². The Hall–Kier alpha value is -3.35. The summed E-state index contributed by atoms with van der Waals surface area (Å²) in [6, 6.07) is 7.34. The number of hydrogen-bond donors (Lipinski definition) is 0. The summed E-state index contributed by atoms with van der Waals surface area (Å²) in [5, 5.41) is 8.64. The quantitative estimate of drug-likeness (QED) is 0.423. The zero-order valence-corrected chi connectivity index (χ0v) is 23.8. The number of sulfonamides is 1. The van der Waals surface area contributed by atoms with Gasteiger partial charge in [0.05, 0.1) is 22.7 Å². The molecule has 0 unspecified atom stereocenters. The van der Waals surface area contributed by atoms with E-state index in [4.69, 9.17) is 4.42 Å². The van der Waals surface area contributed by atoms with Gasteiger partial charge in [0.2, 0.25) is 21.9 Å². The number of anilines is 3. The molecule has 4 aliphatic rings. The molecule has 0 bridgehead atoms. The van der Waals surface area contributed by atoms with Crippen molar-refractivity contribution in [2.75, 3.05) is 52.6 Å². The summed E-state index contributed by atoms with van der Waals surface area (Å²) >= 11 is 0. The van der Waals surface area contributed by atoms with Gasteiger partial charge in [0, 0.05) is 51.3 Å². The molecule has 0 atom stereocenters. The van der Waals surface area contributed by atoms with Crippen molar-refractivity contribution in [2.45, 2.75) is 57.8 Å². The Morgan fingerprint density at radius 1 is 0.854 bits per heavy atom. The standard InChI is InChI=1S/C28H33F2N7O3S/c1-19-17-22(32-26(31-19)36-14-9-28(29,30)10-15-36)25-34-33-24(40-25)21-4-3-20(37-11-2-16-41(37,38)39)18-23(21)35-12-7-27(5-6-27)8-13-35/h3-4,17-18H,2,5-16H2,1H3. The SMILES string of the molecule is Cc1cc(-c2nnc(-c3ccc(N4CCCS4(=O)=O)cc3N3CCC4(CC3)CC4)o2)nc(N2CCC(F)(F)CC2)n1. The van der Waals surface area contributed by atoms with Gasteiger partial charge in [-0.3, -0.25) is 4.31 Å². The number of hydrogen-bond acceptors (Lipinski definition) is 9. The lowest BCUT2D eigenvalue weighted by Gasteiger charge is -2.35. The minimum Gasteiger partial charge on any atom is -0.415 e. The van der Waals surface area contributed by atoms with Crippen molar-refractivity contribution in [3.8, 4) is 23.0 Å². The highest BCUT2D eigenvalue weighted by atomic mass is 32.2. The van der Waals surface area contributed by atoms with Gasteiger partial charge >= 0.3 is 0 Å². The van der Waals surface area contributed by atoms with E-state index >= 15 is 0 Å². The minimum atomic E-state index is -3.33. The Kier molecular flexibility index (Phi) is 6.22. The molecule has 0 amide bonds. The van der Waals surface area contributed by atoms with Crippen LogP contribution in [0.15, 0.2) is 28.7 Å². The summed E-state index contributed by atoms with van der Waals surface area (Å²) in [7, 11) is -3.33. The van der Waals surface area contributed by atoms with Crippen LogP contribution in [0.4, 0.5) is 26.1 Å². The fraction of sp³-hybridized carbons (Fsp3) is 0.571. The van der Waals surface area contributed by atoms with Gasteiger partial charge in [0.15, 0.2) is 0 Å². The molecule has 3 aromatic rings. The minimum absolute atomic E-state index is 0.156. The van der Waals surface area contributed by atoms with E-state index in [1.807, 2.05) is 19.1 Å². The summed E-state index contributed by atoms with van der Waals surface area (Å²) in [6.07, 6.45) is 4.93. The molecule has 41 heavy (non-hydrogen) atoms. The van der Waals surface area contributed by atoms with E-state index in [0.717, 1.165) is 37.2 Å². The molecule has 7 rings (SSSR count). The Morgan fingerprint density at radius 3 is 2.24 bits per heavy atom. The van der Waals surface area contributed by atoms with Gasteiger partial charge in [0.25, 0.3) is 11.8 Å². The van der Waals surface area contributed by atoms with Crippen molar-refractivity contribution in [2.24, 2.45) is 5.41 Å². The molecule has 1 saturated carbocycles. The summed E-state index contributed by atoms with van der Waals surface area (Å²) in [5.74, 6) is -1.61. The number of benzene rings is 1. The van der Waals surface area contributed by atoms with Crippen LogP contribution in [-0.4, -0.2) is 73.0 Å². The van der Waals surface area contributed by atoms with Crippen LogP contribution in [0.25, 0.3) is 23.0 Å². The third-order valence-electron chi connectivity index (χ3n) is 8.99. The predicted molar refractivity (Wildman–Crippen MR) is 151 cm³/mol. The lowest BCUT2D eigenvalue weighted by molar-refractivity contribution is -0.0222. The van der Waals surface area contributed by atoms with Crippen molar-refractivity contribution >= 4 is 27.3 Å². The van der Waals surface area contributed by atoms with Gasteiger partial charge in [-0.1, -0.05) is 0 Å². The molecule has 13 heteroatoms. The number of piperidine rings is 2. The van der Waals surface area contributed by atoms with E-state index < -0.39 is 15.9 Å². The largest absolute Gasteiger partial charge is 0.415 e. The number of nitrogens with zero attached hydrogens (tertiary/aromatic N) is 7. The fourth-order valence-electron chi connectivity index (χ4n) is 6.22. The topological polar surface area (TPSA) is 109 Å². The van der Waals surface area contributed by atoms with Crippen LogP contribution in [0, 0.1) is 12.3 Å². The maximum Gasteiger partial charge on any atom is 0.266 e. The van der Waals surface area contributed by atoms with Crippen molar-refractivity contribution < 1.29 is 21.6 Å². The van der Waals surface area contributed by atoms with E-state index in [1.165, 1.54) is 17.1 Å². The number of halogens is 2. The van der Waals surface area contributed by atoms with Crippen LogP contribution in [0.1, 0.15) is 50.6 Å². The summed E-state index contributed by atoms with van der Waals surface area (Å²) in [4.78, 5) is 13.1. The van der Waals surface area contributed by atoms with Crippen molar-refractivity contribution in [3.05, 3.63) is 30.0 Å². The first-order valence-electron chi connectivity index (χ1n) is 14.3. The molecule has 3 aliphatic heterocycles. The molecule has 4 fully saturated rings. The van der Waals surface area contributed by atoms with Gasteiger partial charge in [-0.15, -0.1) is 10.2 Å². The molecule has 218 valence electrons. The van der Waals surface area contributed by atoms with E-state index in [2.05, 4.69) is 25.1 Å². The Bertz CT molecular complexity index is 1570. The smallest absolute Gasteiger partial charge is 0.266 e. The molecule has 10 nitrogen and oxygen atoms in total. The predicted octanol–water partition coefficient (Wildman–Crippen LogP) is 4.66. The highest BCUT2D eigenvalue weighted by Crippen LogP contribution is 2.54. The fourth-order valence-corrected chi connectivity index (χ4v) is 7.78. The molecule has 1 spiro atoms. The molecule has 1 aromatic carbocycles. The van der Waals surface area contributed by atoms with Gasteiger partial charge in [-0.2, -0.15) is 0 Å². The lowest BCUT2D eigenvalue weighted by atomic mass is 9.93. The van der Waals surface area contributed by atoms with E-state index in [-0.39, 0.29) is 37.6 Å². The lowest BCUT2D eigenvalue weighted by Crippen LogP contribution is -2.40. The Balaban J connectivity index is 1.21. The Labute approximate surface area is 237 Å². The second-order valence-corrected chi connectivity index (χ2v) is 13.9. The first kappa shape index (κ1) is 26.5. The van der Waals surface area contributed by atoms with Crippen LogP contribution in [-0.2, 0) is 10.0 Å². The number of aromatic nitrogens is 4. The van der Waals surface area contributed by atoms with E-state index in [1.54, 1.807) is 17.0 Å². The summed E-state index contributed by atoms with van der Waals surface area (Å²) in [5.41, 5.74) is 3.84. The van der Waals surface area contributed by atoms with Gasteiger partial charge < -0.3 is 14.2 Å². The van der Waals surface area contributed by atoms with Crippen LogP contribution < -0.4 is 14.1 Å². The third kappa shape index (κ3) is 5.13. The first-order chi connectivity index (χ1) is 19.6. The molecular formula is C28H33F2N7O3S. The zero-order chi connectivity index (χ0) is 28.4. The maximum absolute atomic E-state index is 13.7. The van der Waals surface area contributed by atoms with Crippen molar-refractivity contribution in [1.29, 1.82) is 0 Å². The number of alkyl halides is 2. The van der Waals surface area contributed by atoms with Crippen LogP contribution in [0.2, 0.25) is 0 Å². The number of rotatable bonds is 5. The maximum atomic E-state index is 13.7. The molecule has 3 saturated heterocycles. The third-order valence-corrected chi connectivity index (χ3v) is 10.9. The molecule has 1 aliphatic carbocycles. The second kappa shape index (κ2) is 9.60. The van der Waals surface area contributed by atoms with Crippen LogP contribution >= 0.6 is 0 Å². The molecule has 2 aromatic heterocycles. The van der Waals surface area contributed by atoms with Crippen LogP contribution in [0.3, 0.4) is 0 Å². The average Bonchev–Trinajstić information content (AvgIpc) is 3.34. The highest BCUT2D eigenvalue weighted by Gasteiger charge is 2.45. The van der Waals surface area contributed by atoms with Crippen molar-refractivity contribution in [1.82, 2.24) is 20.2 Å². The summed E-state index contributed by atoms with van der Waals surface area (Å²) in [6.45, 7) is 4.39. The van der Waals surface area contributed by atoms with E-state index in [9.17, 15) is 17.2 Å². The summed E-state index contributed by atoms with van der Waals surface area (Å²) < 4.78 is 60.4. The van der Waals surface area contributed by atoms with Gasteiger partial charge in [0.1, 0.15) is 5.69 Å². The zero-order valence-electron chi connectivity index (χ0n) is 23.0. The molecule has 0 N–H and O–H groups in total. The Morgan fingerprint density at radius 2 is 1.56 bits per heavy atom. The van der Waals surface area contributed by atoms with Crippen LogP contribution in [0.5, 0.6) is 0 Å². The monoisotopic (exact) mass is 585 g/mol. The van der Waals surface area contributed by atoms with Crippen molar-refractivity contribution in [3.63, 3.8) is 0 Å². The molecule has 0 radical (unpaired) electrons. The normalized spacial score (nSPS) is 22.9. The second-order valence-electron chi connectivity index (χ2n) is 11.9. The number of aryl methyl sites for hydroxylation is 1.